The average Bonchev–Trinajstić information content (AvgIpc) is 3.18. The third-order valence-electron chi connectivity index (χ3n) is 6.37. The summed E-state index contributed by atoms with van der Waals surface area (Å²) in [5.41, 5.74) is 1.91. The Kier molecular flexibility index (Phi) is 5.68. The third-order valence-corrected chi connectivity index (χ3v) is 8.46. The van der Waals surface area contributed by atoms with E-state index in [2.05, 4.69) is 6.07 Å². The zero-order chi connectivity index (χ0) is 19.8. The second-order valence-electron chi connectivity index (χ2n) is 7.86. The van der Waals surface area contributed by atoms with Gasteiger partial charge in [-0.05, 0) is 43.7 Å². The number of hydrogen-bond acceptors (Lipinski definition) is 5. The fraction of sp³-hybridized carbons (Fsp3) is 0.700. The predicted octanol–water partition coefficient (Wildman–Crippen LogP) is 1.91. The smallest absolute Gasteiger partial charge is 0.282 e. The van der Waals surface area contributed by atoms with Crippen LogP contribution < -0.4 is 4.74 Å². The van der Waals surface area contributed by atoms with Crippen LogP contribution in [-0.4, -0.2) is 70.1 Å². The quantitative estimate of drug-likeness (QED) is 0.742. The van der Waals surface area contributed by atoms with E-state index >= 15 is 0 Å². The standard InChI is InChI=1S/C20H30N2O5S/c1-25-15-17-6-4-11-22(17)28(23,24)21-12-9-20(10-13-21)19-16(8-14-27-20)5-3-7-18(19)26-2/h3,5,7,17H,4,6,8-15H2,1-2H3. The number of rotatable bonds is 5. The average molecular weight is 411 g/mol. The lowest BCUT2D eigenvalue weighted by Gasteiger charge is -2.45. The molecule has 8 heteroatoms. The molecular weight excluding hydrogens is 380 g/mol. The van der Waals surface area contributed by atoms with Crippen molar-refractivity contribution in [3.8, 4) is 5.75 Å². The molecular formula is C20H30N2O5S. The van der Waals surface area contributed by atoms with Gasteiger partial charge in [-0.15, -0.1) is 0 Å². The molecule has 0 radical (unpaired) electrons. The summed E-state index contributed by atoms with van der Waals surface area (Å²) < 4.78 is 46.9. The normalized spacial score (nSPS) is 25.7. The molecule has 0 N–H and O–H groups in total. The van der Waals surface area contributed by atoms with Crippen LogP contribution in [0.25, 0.3) is 0 Å². The molecule has 1 aromatic rings. The molecule has 1 atom stereocenters. The van der Waals surface area contributed by atoms with E-state index < -0.39 is 15.8 Å². The molecule has 0 bridgehead atoms. The van der Waals surface area contributed by atoms with Crippen LogP contribution in [0.1, 0.15) is 36.8 Å². The molecule has 0 aromatic heterocycles. The molecule has 4 rings (SSSR count). The summed E-state index contributed by atoms with van der Waals surface area (Å²) in [4.78, 5) is 0. The highest BCUT2D eigenvalue weighted by Crippen LogP contribution is 2.46. The summed E-state index contributed by atoms with van der Waals surface area (Å²) in [7, 11) is -0.176. The first-order chi connectivity index (χ1) is 13.5. The van der Waals surface area contributed by atoms with Gasteiger partial charge in [0.2, 0.25) is 0 Å². The molecule has 7 nitrogen and oxygen atoms in total. The fourth-order valence-corrected chi connectivity index (χ4v) is 6.84. The molecule has 2 fully saturated rings. The highest BCUT2D eigenvalue weighted by molar-refractivity contribution is 7.86. The molecule has 0 saturated carbocycles. The molecule has 28 heavy (non-hydrogen) atoms. The van der Waals surface area contributed by atoms with Crippen LogP contribution in [0.2, 0.25) is 0 Å². The maximum Gasteiger partial charge on any atom is 0.282 e. The van der Waals surface area contributed by atoms with Crippen molar-refractivity contribution in [1.29, 1.82) is 0 Å². The summed E-state index contributed by atoms with van der Waals surface area (Å²) >= 11 is 0. The summed E-state index contributed by atoms with van der Waals surface area (Å²) in [6.45, 7) is 2.59. The zero-order valence-electron chi connectivity index (χ0n) is 16.7. The van der Waals surface area contributed by atoms with Gasteiger partial charge in [0.25, 0.3) is 10.2 Å². The Morgan fingerprint density at radius 3 is 2.71 bits per heavy atom. The number of nitrogens with zero attached hydrogens (tertiary/aromatic N) is 2. The van der Waals surface area contributed by atoms with Crippen molar-refractivity contribution in [1.82, 2.24) is 8.61 Å². The van der Waals surface area contributed by atoms with Crippen molar-refractivity contribution >= 4 is 10.2 Å². The Morgan fingerprint density at radius 1 is 1.21 bits per heavy atom. The predicted molar refractivity (Wildman–Crippen MR) is 106 cm³/mol. The molecule has 0 amide bonds. The monoisotopic (exact) mass is 410 g/mol. The molecule has 1 spiro atoms. The highest BCUT2D eigenvalue weighted by atomic mass is 32.2. The van der Waals surface area contributed by atoms with Crippen LogP contribution in [0.15, 0.2) is 18.2 Å². The first-order valence-corrected chi connectivity index (χ1v) is 11.5. The van der Waals surface area contributed by atoms with Gasteiger partial charge in [0.05, 0.1) is 25.9 Å². The number of benzene rings is 1. The van der Waals surface area contributed by atoms with E-state index in [9.17, 15) is 8.42 Å². The minimum Gasteiger partial charge on any atom is -0.496 e. The van der Waals surface area contributed by atoms with Gasteiger partial charge in [-0.1, -0.05) is 12.1 Å². The lowest BCUT2D eigenvalue weighted by Crippen LogP contribution is -2.53. The maximum atomic E-state index is 13.2. The molecule has 3 aliphatic heterocycles. The zero-order valence-corrected chi connectivity index (χ0v) is 17.5. The molecule has 1 aromatic carbocycles. The van der Waals surface area contributed by atoms with E-state index in [0.717, 1.165) is 30.6 Å². The summed E-state index contributed by atoms with van der Waals surface area (Å²) in [5, 5.41) is 0. The summed E-state index contributed by atoms with van der Waals surface area (Å²) in [6, 6.07) is 6.06. The number of methoxy groups -OCH3 is 2. The lowest BCUT2D eigenvalue weighted by molar-refractivity contribution is -0.0908. The van der Waals surface area contributed by atoms with Gasteiger partial charge < -0.3 is 14.2 Å². The molecule has 3 aliphatic rings. The van der Waals surface area contributed by atoms with Gasteiger partial charge in [-0.2, -0.15) is 17.0 Å². The SMILES string of the molecule is COCC1CCCN1S(=O)(=O)N1CCC2(CC1)OCCc1cccc(OC)c12. The second kappa shape index (κ2) is 7.91. The largest absolute Gasteiger partial charge is 0.496 e. The van der Waals surface area contributed by atoms with Crippen molar-refractivity contribution in [2.45, 2.75) is 43.7 Å². The van der Waals surface area contributed by atoms with Crippen molar-refractivity contribution in [2.75, 3.05) is 47.1 Å². The van der Waals surface area contributed by atoms with Crippen molar-refractivity contribution in [3.05, 3.63) is 29.3 Å². The summed E-state index contributed by atoms with van der Waals surface area (Å²) in [6.07, 6.45) is 3.89. The van der Waals surface area contributed by atoms with E-state index in [0.29, 0.717) is 45.7 Å². The van der Waals surface area contributed by atoms with Crippen molar-refractivity contribution < 1.29 is 22.6 Å². The van der Waals surface area contributed by atoms with Gasteiger partial charge in [0.1, 0.15) is 5.75 Å². The Morgan fingerprint density at radius 2 is 2.00 bits per heavy atom. The van der Waals surface area contributed by atoms with Crippen LogP contribution in [0, 0.1) is 0 Å². The van der Waals surface area contributed by atoms with Gasteiger partial charge in [-0.3, -0.25) is 0 Å². The number of fused-ring (bicyclic) bond motifs is 2. The fourth-order valence-electron chi connectivity index (χ4n) is 4.99. The minimum atomic E-state index is -3.48. The van der Waals surface area contributed by atoms with Crippen LogP contribution >= 0.6 is 0 Å². The van der Waals surface area contributed by atoms with Gasteiger partial charge >= 0.3 is 0 Å². The van der Waals surface area contributed by atoms with Crippen LogP contribution in [0.5, 0.6) is 5.75 Å². The third kappa shape index (κ3) is 3.35. The Labute approximate surface area is 167 Å². The van der Waals surface area contributed by atoms with E-state index in [1.165, 1.54) is 5.56 Å². The minimum absolute atomic E-state index is 0.0577. The first kappa shape index (κ1) is 20.1. The Balaban J connectivity index is 1.55. The van der Waals surface area contributed by atoms with E-state index in [-0.39, 0.29) is 6.04 Å². The first-order valence-electron chi connectivity index (χ1n) is 10.1. The van der Waals surface area contributed by atoms with Crippen LogP contribution in [0.3, 0.4) is 0 Å². The van der Waals surface area contributed by atoms with E-state index in [1.807, 2.05) is 12.1 Å². The van der Waals surface area contributed by atoms with Gasteiger partial charge in [0, 0.05) is 38.3 Å². The highest BCUT2D eigenvalue weighted by Gasteiger charge is 2.47. The van der Waals surface area contributed by atoms with Gasteiger partial charge in [0.15, 0.2) is 0 Å². The van der Waals surface area contributed by atoms with Crippen LogP contribution in [0.4, 0.5) is 0 Å². The van der Waals surface area contributed by atoms with Crippen LogP contribution in [-0.2, 0) is 31.7 Å². The van der Waals surface area contributed by atoms with Crippen molar-refractivity contribution in [3.63, 3.8) is 0 Å². The maximum absolute atomic E-state index is 13.2. The molecule has 3 heterocycles. The van der Waals surface area contributed by atoms with E-state index in [4.69, 9.17) is 14.2 Å². The molecule has 2 saturated heterocycles. The number of piperidine rings is 1. The second-order valence-corrected chi connectivity index (χ2v) is 9.74. The molecule has 0 aliphatic carbocycles. The molecule has 1 unspecified atom stereocenters. The van der Waals surface area contributed by atoms with E-state index in [1.54, 1.807) is 22.8 Å². The molecule has 156 valence electrons. The Bertz CT molecular complexity index is 791. The Hall–Kier alpha value is -1.19. The lowest BCUT2D eigenvalue weighted by atomic mass is 9.79. The van der Waals surface area contributed by atoms with Gasteiger partial charge in [-0.25, -0.2) is 0 Å². The van der Waals surface area contributed by atoms with Crippen molar-refractivity contribution in [2.24, 2.45) is 0 Å². The summed E-state index contributed by atoms with van der Waals surface area (Å²) in [5.74, 6) is 0.841. The topological polar surface area (TPSA) is 68.3 Å². The number of hydrogen-bond donors (Lipinski definition) is 0. The number of ether oxygens (including phenoxy) is 3.